The summed E-state index contributed by atoms with van der Waals surface area (Å²) in [6, 6.07) is 0. The van der Waals surface area contributed by atoms with Crippen LogP contribution in [-0.2, 0) is 9.84 Å². The average Bonchev–Trinajstić information content (AvgIpc) is 3.03. The molecule has 1 saturated heterocycles. The fourth-order valence-electron chi connectivity index (χ4n) is 2.34. The van der Waals surface area contributed by atoms with Gasteiger partial charge in [0, 0.05) is 26.7 Å². The third-order valence-electron chi connectivity index (χ3n) is 4.33. The van der Waals surface area contributed by atoms with Crippen molar-refractivity contribution in [3.05, 3.63) is 0 Å². The van der Waals surface area contributed by atoms with E-state index < -0.39 is 14.6 Å². The van der Waals surface area contributed by atoms with E-state index in [1.807, 2.05) is 0 Å². The van der Waals surface area contributed by atoms with Gasteiger partial charge in [-0.3, -0.25) is 4.99 Å². The molecule has 1 heterocycles. The number of nitrogens with one attached hydrogen (secondary N) is 1. The van der Waals surface area contributed by atoms with Gasteiger partial charge in [-0.15, -0.1) is 24.0 Å². The smallest absolute Gasteiger partial charge is 0.193 e. The molecule has 7 heteroatoms. The highest BCUT2D eigenvalue weighted by molar-refractivity contribution is 14.0. The normalized spacial score (nSPS) is 26.6. The van der Waals surface area contributed by atoms with Crippen LogP contribution in [0.15, 0.2) is 4.99 Å². The van der Waals surface area contributed by atoms with Crippen molar-refractivity contribution in [2.24, 2.45) is 10.4 Å². The minimum atomic E-state index is -2.99. The fraction of sp³-hybridized carbons (Fsp3) is 0.923. The number of sulfone groups is 1. The first kappa shape index (κ1) is 18.0. The summed E-state index contributed by atoms with van der Waals surface area (Å²) >= 11 is 0. The number of nitrogens with zero attached hydrogens (tertiary/aromatic N) is 2. The van der Waals surface area contributed by atoms with Gasteiger partial charge in [-0.25, -0.2) is 8.42 Å². The highest BCUT2D eigenvalue weighted by Gasteiger charge is 2.42. The van der Waals surface area contributed by atoms with Crippen LogP contribution >= 0.6 is 24.0 Å². The maximum atomic E-state index is 12.0. The topological polar surface area (TPSA) is 61.8 Å². The molecule has 2 aliphatic rings. The number of hydrogen-bond donors (Lipinski definition) is 1. The summed E-state index contributed by atoms with van der Waals surface area (Å²) in [4.78, 5) is 6.35. The summed E-state index contributed by atoms with van der Waals surface area (Å²) in [6.07, 6.45) is 2.52. The summed E-state index contributed by atoms with van der Waals surface area (Å²) in [5, 5.41) is 3.39. The van der Waals surface area contributed by atoms with Crippen LogP contribution in [0.25, 0.3) is 0 Å². The quantitative estimate of drug-likeness (QED) is 0.422. The maximum absolute atomic E-state index is 12.0. The molecule has 118 valence electrons. The summed E-state index contributed by atoms with van der Waals surface area (Å²) in [6.45, 7) is 7.81. The zero-order valence-corrected chi connectivity index (χ0v) is 15.9. The van der Waals surface area contributed by atoms with E-state index in [1.165, 1.54) is 12.8 Å². The second-order valence-electron chi connectivity index (χ2n) is 6.71. The van der Waals surface area contributed by atoms with Crippen molar-refractivity contribution in [1.29, 1.82) is 0 Å². The van der Waals surface area contributed by atoms with Crippen LogP contribution in [0.1, 0.15) is 33.6 Å². The van der Waals surface area contributed by atoms with E-state index in [-0.39, 0.29) is 29.7 Å². The molecule has 2 fully saturated rings. The lowest BCUT2D eigenvalue weighted by Gasteiger charge is -2.39. The Morgan fingerprint density at radius 3 is 2.35 bits per heavy atom. The molecule has 0 amide bonds. The Hall–Kier alpha value is -0.0500. The molecule has 5 nitrogen and oxygen atoms in total. The molecule has 1 saturated carbocycles. The summed E-state index contributed by atoms with van der Waals surface area (Å²) in [5.74, 6) is 1.04. The molecule has 0 atom stereocenters. The molecule has 0 radical (unpaired) electrons. The molecule has 20 heavy (non-hydrogen) atoms. The Balaban J connectivity index is 0.00000200. The van der Waals surface area contributed by atoms with Gasteiger partial charge < -0.3 is 10.2 Å². The fourth-order valence-corrected chi connectivity index (χ4v) is 3.71. The van der Waals surface area contributed by atoms with Gasteiger partial charge >= 0.3 is 0 Å². The molecule has 0 aromatic carbocycles. The van der Waals surface area contributed by atoms with Crippen molar-refractivity contribution >= 4 is 39.8 Å². The number of guanidine groups is 1. The first-order chi connectivity index (χ1) is 8.69. The third kappa shape index (κ3) is 3.78. The first-order valence-corrected chi connectivity index (χ1v) is 8.52. The van der Waals surface area contributed by atoms with Crippen LogP contribution in [0, 0.1) is 5.41 Å². The number of rotatable bonds is 2. The Bertz CT molecular complexity index is 484. The van der Waals surface area contributed by atoms with E-state index in [0.717, 1.165) is 12.5 Å². The standard InChI is InChI=1S/C13H25N3O2S.HI/c1-12(2)10-16(7-8-19(12,17)18)11(14-4)15-9-13(3)5-6-13;/h5-10H2,1-4H3,(H,14,15);1H. The molecular formula is C13H26IN3O2S. The molecule has 0 spiro atoms. The lowest BCUT2D eigenvalue weighted by molar-refractivity contribution is 0.350. The van der Waals surface area contributed by atoms with Crippen LogP contribution in [0.2, 0.25) is 0 Å². The van der Waals surface area contributed by atoms with Crippen molar-refractivity contribution in [3.8, 4) is 0 Å². The molecule has 0 bridgehead atoms. The van der Waals surface area contributed by atoms with Crippen molar-refractivity contribution < 1.29 is 8.42 Å². The SMILES string of the molecule is CN=C(NCC1(C)CC1)N1CCS(=O)(=O)C(C)(C)C1.I. The van der Waals surface area contributed by atoms with Crippen LogP contribution in [-0.4, -0.2) is 56.5 Å². The van der Waals surface area contributed by atoms with E-state index in [4.69, 9.17) is 0 Å². The highest BCUT2D eigenvalue weighted by Crippen LogP contribution is 2.44. The second kappa shape index (κ2) is 5.98. The van der Waals surface area contributed by atoms with Gasteiger partial charge in [0.15, 0.2) is 15.8 Å². The molecule has 0 aromatic heterocycles. The Morgan fingerprint density at radius 2 is 1.90 bits per heavy atom. The van der Waals surface area contributed by atoms with Crippen molar-refractivity contribution in [2.45, 2.75) is 38.4 Å². The Kier molecular flexibility index (Phi) is 5.38. The zero-order chi connectivity index (χ0) is 14.3. The maximum Gasteiger partial charge on any atom is 0.193 e. The molecule has 1 aliphatic carbocycles. The predicted octanol–water partition coefficient (Wildman–Crippen LogP) is 1.49. The molecular weight excluding hydrogens is 389 g/mol. The van der Waals surface area contributed by atoms with E-state index in [9.17, 15) is 8.42 Å². The molecule has 1 aliphatic heterocycles. The van der Waals surface area contributed by atoms with E-state index in [0.29, 0.717) is 18.5 Å². The Morgan fingerprint density at radius 1 is 1.30 bits per heavy atom. The summed E-state index contributed by atoms with van der Waals surface area (Å²) < 4.78 is 23.3. The third-order valence-corrected chi connectivity index (χ3v) is 6.86. The van der Waals surface area contributed by atoms with Crippen LogP contribution in [0.4, 0.5) is 0 Å². The van der Waals surface area contributed by atoms with Crippen LogP contribution in [0.5, 0.6) is 0 Å². The van der Waals surface area contributed by atoms with E-state index in [2.05, 4.69) is 22.1 Å². The highest BCUT2D eigenvalue weighted by atomic mass is 127. The molecule has 0 unspecified atom stereocenters. The monoisotopic (exact) mass is 415 g/mol. The lowest BCUT2D eigenvalue weighted by Crippen LogP contribution is -2.57. The van der Waals surface area contributed by atoms with E-state index >= 15 is 0 Å². The Labute approximate surface area is 139 Å². The summed E-state index contributed by atoms with van der Waals surface area (Å²) in [7, 11) is -1.23. The molecule has 0 aromatic rings. The van der Waals surface area contributed by atoms with Gasteiger partial charge in [-0.1, -0.05) is 6.92 Å². The van der Waals surface area contributed by atoms with Gasteiger partial charge in [0.05, 0.1) is 10.5 Å². The van der Waals surface area contributed by atoms with Gasteiger partial charge in [0.1, 0.15) is 0 Å². The predicted molar refractivity (Wildman–Crippen MR) is 93.6 cm³/mol. The van der Waals surface area contributed by atoms with Crippen LogP contribution in [0.3, 0.4) is 0 Å². The van der Waals surface area contributed by atoms with Crippen molar-refractivity contribution in [2.75, 3.05) is 32.4 Å². The zero-order valence-electron chi connectivity index (χ0n) is 12.8. The second-order valence-corrected chi connectivity index (χ2v) is 9.45. The molecule has 1 N–H and O–H groups in total. The largest absolute Gasteiger partial charge is 0.356 e. The van der Waals surface area contributed by atoms with Gasteiger partial charge in [0.2, 0.25) is 0 Å². The van der Waals surface area contributed by atoms with Gasteiger partial charge in [-0.2, -0.15) is 0 Å². The number of aliphatic imine (C=N–C) groups is 1. The molecule has 2 rings (SSSR count). The van der Waals surface area contributed by atoms with Gasteiger partial charge in [0.25, 0.3) is 0 Å². The van der Waals surface area contributed by atoms with Crippen molar-refractivity contribution in [1.82, 2.24) is 10.2 Å². The minimum absolute atomic E-state index is 0. The minimum Gasteiger partial charge on any atom is -0.356 e. The summed E-state index contributed by atoms with van der Waals surface area (Å²) in [5.41, 5.74) is 0.410. The number of halogens is 1. The van der Waals surface area contributed by atoms with Crippen LogP contribution < -0.4 is 5.32 Å². The first-order valence-electron chi connectivity index (χ1n) is 6.87. The average molecular weight is 415 g/mol. The lowest BCUT2D eigenvalue weighted by atomic mass is 10.1. The van der Waals surface area contributed by atoms with Crippen molar-refractivity contribution in [3.63, 3.8) is 0 Å². The van der Waals surface area contributed by atoms with Gasteiger partial charge in [-0.05, 0) is 32.1 Å². The number of hydrogen-bond acceptors (Lipinski definition) is 3. The van der Waals surface area contributed by atoms with E-state index in [1.54, 1.807) is 20.9 Å².